The Bertz CT molecular complexity index is 645. The Hall–Kier alpha value is -2.01. The second-order valence-corrected chi connectivity index (χ2v) is 6.26. The molecular weight excluding hydrogens is 292 g/mol. The van der Waals surface area contributed by atoms with Gasteiger partial charge in [0.1, 0.15) is 6.10 Å². The highest BCUT2D eigenvalue weighted by molar-refractivity contribution is 5.64. The maximum Gasteiger partial charge on any atom is 0.162 e. The van der Waals surface area contributed by atoms with Crippen LogP contribution in [-0.4, -0.2) is 36.2 Å². The summed E-state index contributed by atoms with van der Waals surface area (Å²) in [5.74, 6) is 2.05. The topological polar surface area (TPSA) is 45.5 Å². The van der Waals surface area contributed by atoms with E-state index in [0.717, 1.165) is 42.3 Å². The monoisotopic (exact) mass is 316 g/mol. The van der Waals surface area contributed by atoms with Gasteiger partial charge in [-0.3, -0.25) is 4.68 Å². The van der Waals surface area contributed by atoms with Crippen molar-refractivity contribution in [3.05, 3.63) is 30.5 Å². The Morgan fingerprint density at radius 3 is 2.87 bits per heavy atom. The fourth-order valence-corrected chi connectivity index (χ4v) is 2.78. The van der Waals surface area contributed by atoms with Gasteiger partial charge in [-0.1, -0.05) is 13.8 Å². The van der Waals surface area contributed by atoms with E-state index in [0.29, 0.717) is 12.5 Å². The minimum absolute atomic E-state index is 0.0970. The lowest BCUT2D eigenvalue weighted by molar-refractivity contribution is 0.138. The van der Waals surface area contributed by atoms with Crippen LogP contribution < -0.4 is 9.47 Å². The molecule has 0 aliphatic carbocycles. The van der Waals surface area contributed by atoms with E-state index < -0.39 is 0 Å². The molecule has 0 spiro atoms. The number of rotatable bonds is 6. The van der Waals surface area contributed by atoms with Gasteiger partial charge in [0.25, 0.3) is 0 Å². The second-order valence-electron chi connectivity index (χ2n) is 6.26. The molecule has 5 heteroatoms. The summed E-state index contributed by atoms with van der Waals surface area (Å²) in [4.78, 5) is 0. The van der Waals surface area contributed by atoms with Crippen molar-refractivity contribution in [2.24, 2.45) is 5.92 Å². The summed E-state index contributed by atoms with van der Waals surface area (Å²) in [6.07, 6.45) is 2.85. The summed E-state index contributed by atoms with van der Waals surface area (Å²) < 4.78 is 18.9. The van der Waals surface area contributed by atoms with E-state index in [-0.39, 0.29) is 6.10 Å². The fourth-order valence-electron chi connectivity index (χ4n) is 2.78. The normalized spacial score (nSPS) is 17.7. The van der Waals surface area contributed by atoms with Gasteiger partial charge in [-0.05, 0) is 30.2 Å². The van der Waals surface area contributed by atoms with Gasteiger partial charge in [0.2, 0.25) is 0 Å². The molecule has 0 N–H and O–H groups in total. The third-order valence-electron chi connectivity index (χ3n) is 3.90. The van der Waals surface area contributed by atoms with E-state index in [4.69, 9.17) is 14.2 Å². The summed E-state index contributed by atoms with van der Waals surface area (Å²) in [5.41, 5.74) is 2.17. The molecule has 0 bridgehead atoms. The van der Waals surface area contributed by atoms with E-state index in [2.05, 4.69) is 18.9 Å². The third-order valence-corrected chi connectivity index (χ3v) is 3.90. The Balaban J connectivity index is 1.89. The van der Waals surface area contributed by atoms with Crippen molar-refractivity contribution >= 4 is 0 Å². The van der Waals surface area contributed by atoms with Gasteiger partial charge < -0.3 is 14.2 Å². The fraction of sp³-hybridized carbons (Fsp3) is 0.500. The molecule has 2 heterocycles. The molecule has 0 saturated carbocycles. The van der Waals surface area contributed by atoms with Crippen molar-refractivity contribution < 1.29 is 14.2 Å². The molecule has 1 saturated heterocycles. The second kappa shape index (κ2) is 7.04. The van der Waals surface area contributed by atoms with E-state index in [9.17, 15) is 0 Å². The number of benzene rings is 1. The highest BCUT2D eigenvalue weighted by Gasteiger charge is 2.20. The van der Waals surface area contributed by atoms with Crippen LogP contribution in [0.15, 0.2) is 30.5 Å². The van der Waals surface area contributed by atoms with Crippen molar-refractivity contribution in [2.45, 2.75) is 32.9 Å². The highest BCUT2D eigenvalue weighted by Crippen LogP contribution is 2.34. The van der Waals surface area contributed by atoms with Crippen LogP contribution in [-0.2, 0) is 11.3 Å². The number of methoxy groups -OCH3 is 1. The molecule has 1 aliphatic rings. The predicted molar refractivity (Wildman–Crippen MR) is 88.9 cm³/mol. The van der Waals surface area contributed by atoms with Gasteiger partial charge >= 0.3 is 0 Å². The summed E-state index contributed by atoms with van der Waals surface area (Å²) in [7, 11) is 1.66. The van der Waals surface area contributed by atoms with Gasteiger partial charge in [0.15, 0.2) is 11.5 Å². The number of nitrogens with zero attached hydrogens (tertiary/aromatic N) is 2. The van der Waals surface area contributed by atoms with Crippen LogP contribution in [0.2, 0.25) is 0 Å². The van der Waals surface area contributed by atoms with Crippen molar-refractivity contribution in [2.75, 3.05) is 20.3 Å². The molecule has 1 aromatic carbocycles. The Morgan fingerprint density at radius 2 is 2.17 bits per heavy atom. The molecule has 23 heavy (non-hydrogen) atoms. The van der Waals surface area contributed by atoms with Crippen LogP contribution in [0.4, 0.5) is 0 Å². The zero-order valence-electron chi connectivity index (χ0n) is 14.0. The molecule has 124 valence electrons. The molecule has 1 aliphatic heterocycles. The number of hydrogen-bond donors (Lipinski definition) is 0. The van der Waals surface area contributed by atoms with E-state index in [1.54, 1.807) is 7.11 Å². The van der Waals surface area contributed by atoms with E-state index in [1.165, 1.54) is 0 Å². The average Bonchev–Trinajstić information content (AvgIpc) is 3.18. The van der Waals surface area contributed by atoms with Crippen molar-refractivity contribution in [1.82, 2.24) is 9.78 Å². The molecule has 1 unspecified atom stereocenters. The summed E-state index contributed by atoms with van der Waals surface area (Å²) >= 11 is 0. The van der Waals surface area contributed by atoms with Crippen molar-refractivity contribution in [3.8, 4) is 22.8 Å². The molecule has 0 radical (unpaired) electrons. The molecule has 1 atom stereocenters. The zero-order valence-corrected chi connectivity index (χ0v) is 14.0. The van der Waals surface area contributed by atoms with Gasteiger partial charge in [-0.25, -0.2) is 0 Å². The Labute approximate surface area is 137 Å². The van der Waals surface area contributed by atoms with Crippen LogP contribution in [0.25, 0.3) is 11.3 Å². The van der Waals surface area contributed by atoms with Crippen LogP contribution in [0, 0.1) is 5.92 Å². The van der Waals surface area contributed by atoms with Crippen LogP contribution in [0.1, 0.15) is 20.3 Å². The molecule has 3 rings (SSSR count). The summed E-state index contributed by atoms with van der Waals surface area (Å²) in [6, 6.07) is 8.06. The first kappa shape index (κ1) is 15.9. The van der Waals surface area contributed by atoms with Crippen LogP contribution in [0.5, 0.6) is 11.5 Å². The molecule has 0 amide bonds. The molecule has 1 aromatic heterocycles. The third kappa shape index (κ3) is 3.67. The minimum Gasteiger partial charge on any atom is -0.493 e. The molecule has 5 nitrogen and oxygen atoms in total. The first-order valence-electron chi connectivity index (χ1n) is 8.12. The van der Waals surface area contributed by atoms with Crippen molar-refractivity contribution in [3.63, 3.8) is 0 Å². The standard InChI is InChI=1S/C18H24N2O3/c1-13(2)11-20-16(6-8-19-20)14-4-5-17(21-3)18(10-14)23-15-7-9-22-12-15/h4-6,8,10,13,15H,7,9,11-12H2,1-3H3. The smallest absolute Gasteiger partial charge is 0.162 e. The SMILES string of the molecule is COc1ccc(-c2ccnn2CC(C)C)cc1OC1CCOC1. The van der Waals surface area contributed by atoms with E-state index in [1.807, 2.05) is 35.1 Å². The van der Waals surface area contributed by atoms with E-state index >= 15 is 0 Å². The molecule has 1 fully saturated rings. The van der Waals surface area contributed by atoms with Gasteiger partial charge in [0.05, 0.1) is 26.0 Å². The largest absolute Gasteiger partial charge is 0.493 e. The lowest BCUT2D eigenvalue weighted by Gasteiger charge is -2.17. The highest BCUT2D eigenvalue weighted by atomic mass is 16.6. The number of ether oxygens (including phenoxy) is 3. The van der Waals surface area contributed by atoms with Crippen LogP contribution in [0.3, 0.4) is 0 Å². The quantitative estimate of drug-likeness (QED) is 0.819. The maximum absolute atomic E-state index is 6.08. The first-order chi connectivity index (χ1) is 11.2. The Morgan fingerprint density at radius 1 is 1.30 bits per heavy atom. The predicted octanol–water partition coefficient (Wildman–Crippen LogP) is 3.38. The number of hydrogen-bond acceptors (Lipinski definition) is 4. The minimum atomic E-state index is 0.0970. The van der Waals surface area contributed by atoms with Gasteiger partial charge in [-0.2, -0.15) is 5.10 Å². The molecule has 2 aromatic rings. The summed E-state index contributed by atoms with van der Waals surface area (Å²) in [5, 5.41) is 4.43. The zero-order chi connectivity index (χ0) is 16.2. The number of aromatic nitrogens is 2. The molecular formula is C18H24N2O3. The Kier molecular flexibility index (Phi) is 4.86. The van der Waals surface area contributed by atoms with Gasteiger partial charge in [-0.15, -0.1) is 0 Å². The lowest BCUT2D eigenvalue weighted by atomic mass is 10.1. The van der Waals surface area contributed by atoms with Crippen LogP contribution >= 0.6 is 0 Å². The van der Waals surface area contributed by atoms with Gasteiger partial charge in [0, 0.05) is 24.7 Å². The van der Waals surface area contributed by atoms with Crippen molar-refractivity contribution in [1.29, 1.82) is 0 Å². The first-order valence-corrected chi connectivity index (χ1v) is 8.12. The summed E-state index contributed by atoms with van der Waals surface area (Å²) in [6.45, 7) is 6.66. The average molecular weight is 316 g/mol. The maximum atomic E-state index is 6.08. The lowest BCUT2D eigenvalue weighted by Crippen LogP contribution is -2.16.